The maximum absolute atomic E-state index is 13.4. The fourth-order valence-corrected chi connectivity index (χ4v) is 4.84. The Morgan fingerprint density at radius 2 is 1.93 bits per heavy atom. The molecule has 2 aromatic rings. The molecule has 0 bridgehead atoms. The molecule has 0 saturated heterocycles. The largest absolute Gasteiger partial charge is 0.336 e. The molecule has 29 heavy (non-hydrogen) atoms. The molecule has 5 nitrogen and oxygen atoms in total. The molecule has 0 unspecified atom stereocenters. The number of benzene rings is 1. The number of hydrogen-bond acceptors (Lipinski definition) is 4. The number of amides is 2. The second-order valence-electron chi connectivity index (χ2n) is 7.71. The molecule has 0 N–H and O–H groups in total. The molecule has 1 fully saturated rings. The molecular formula is C22H24FN3O2S. The van der Waals surface area contributed by atoms with E-state index < -0.39 is 0 Å². The van der Waals surface area contributed by atoms with E-state index in [0.717, 1.165) is 41.8 Å². The summed E-state index contributed by atoms with van der Waals surface area (Å²) >= 11 is 1.58. The highest BCUT2D eigenvalue weighted by molar-refractivity contribution is 7.12. The molecule has 0 radical (unpaired) electrons. The molecular weight excluding hydrogens is 389 g/mol. The van der Waals surface area contributed by atoms with Crippen molar-refractivity contribution >= 4 is 28.9 Å². The molecule has 1 aliphatic heterocycles. The molecule has 2 heterocycles. The van der Waals surface area contributed by atoms with E-state index in [4.69, 9.17) is 0 Å². The number of hydrazone groups is 1. The first-order valence-corrected chi connectivity index (χ1v) is 10.8. The van der Waals surface area contributed by atoms with E-state index in [2.05, 4.69) is 5.10 Å². The molecule has 1 saturated carbocycles. The van der Waals surface area contributed by atoms with Gasteiger partial charge in [-0.3, -0.25) is 9.59 Å². The van der Waals surface area contributed by atoms with Crippen molar-refractivity contribution in [2.24, 2.45) is 11.0 Å². The zero-order valence-electron chi connectivity index (χ0n) is 16.4. The summed E-state index contributed by atoms with van der Waals surface area (Å²) in [6.45, 7) is -0.00571. The Hall–Kier alpha value is -2.54. The maximum Gasteiger partial charge on any atom is 0.262 e. The van der Waals surface area contributed by atoms with Gasteiger partial charge >= 0.3 is 0 Å². The lowest BCUT2D eigenvalue weighted by molar-refractivity contribution is -0.142. The number of halogens is 1. The van der Waals surface area contributed by atoms with Crippen molar-refractivity contribution in [2.75, 3.05) is 13.6 Å². The number of hydrogen-bond donors (Lipinski definition) is 0. The predicted molar refractivity (Wildman–Crippen MR) is 111 cm³/mol. The Kier molecular flexibility index (Phi) is 5.76. The lowest BCUT2D eigenvalue weighted by Crippen LogP contribution is -2.41. The Morgan fingerprint density at radius 1 is 1.21 bits per heavy atom. The minimum Gasteiger partial charge on any atom is -0.336 e. The maximum atomic E-state index is 13.4. The average molecular weight is 414 g/mol. The lowest BCUT2D eigenvalue weighted by Gasteiger charge is -2.26. The second-order valence-corrected chi connectivity index (χ2v) is 8.66. The summed E-state index contributed by atoms with van der Waals surface area (Å²) in [6.07, 6.45) is 4.52. The fraction of sp³-hybridized carbons (Fsp3) is 0.409. The number of thiophene rings is 1. The summed E-state index contributed by atoms with van der Waals surface area (Å²) in [6, 6.07) is 9.83. The van der Waals surface area contributed by atoms with Crippen LogP contribution in [0.3, 0.4) is 0 Å². The lowest BCUT2D eigenvalue weighted by atomic mass is 10.0. The van der Waals surface area contributed by atoms with Crippen molar-refractivity contribution in [3.8, 4) is 0 Å². The molecule has 1 atom stereocenters. The van der Waals surface area contributed by atoms with Gasteiger partial charge in [0.05, 0.1) is 16.6 Å². The smallest absolute Gasteiger partial charge is 0.262 e. The van der Waals surface area contributed by atoms with Crippen LogP contribution in [0.25, 0.3) is 0 Å². The average Bonchev–Trinajstić information content (AvgIpc) is 3.48. The van der Waals surface area contributed by atoms with E-state index in [1.165, 1.54) is 22.0 Å². The van der Waals surface area contributed by atoms with Gasteiger partial charge < -0.3 is 4.90 Å². The standard InChI is InChI=1S/C22H24FN3O2S/c1-25(22(28)16-5-2-3-6-16)14-21(27)26-19(15-8-10-17(23)11-9-15)13-18(24-26)20-7-4-12-29-20/h4,7-12,16,19H,2-3,5-6,13-14H2,1H3/t19-/m1/s1. The van der Waals surface area contributed by atoms with Gasteiger partial charge in [-0.2, -0.15) is 5.10 Å². The number of nitrogens with zero attached hydrogens (tertiary/aromatic N) is 3. The van der Waals surface area contributed by atoms with Crippen molar-refractivity contribution in [3.05, 3.63) is 58.0 Å². The summed E-state index contributed by atoms with van der Waals surface area (Å²) in [5.74, 6) is -0.467. The Morgan fingerprint density at radius 3 is 2.59 bits per heavy atom. The van der Waals surface area contributed by atoms with Crippen LogP contribution in [0.5, 0.6) is 0 Å². The molecule has 2 amide bonds. The van der Waals surface area contributed by atoms with E-state index in [-0.39, 0.29) is 36.1 Å². The summed E-state index contributed by atoms with van der Waals surface area (Å²) in [7, 11) is 1.69. The summed E-state index contributed by atoms with van der Waals surface area (Å²) < 4.78 is 13.4. The van der Waals surface area contributed by atoms with Crippen LogP contribution in [-0.2, 0) is 9.59 Å². The topological polar surface area (TPSA) is 53.0 Å². The third kappa shape index (κ3) is 4.24. The van der Waals surface area contributed by atoms with Crippen LogP contribution in [-0.4, -0.2) is 41.0 Å². The highest BCUT2D eigenvalue weighted by atomic mass is 32.1. The van der Waals surface area contributed by atoms with Gasteiger partial charge in [0.1, 0.15) is 12.4 Å². The molecule has 1 aromatic heterocycles. The van der Waals surface area contributed by atoms with E-state index in [9.17, 15) is 14.0 Å². The third-order valence-electron chi connectivity index (χ3n) is 5.68. The minimum atomic E-state index is -0.314. The zero-order chi connectivity index (χ0) is 20.4. The van der Waals surface area contributed by atoms with Crippen molar-refractivity contribution in [3.63, 3.8) is 0 Å². The molecule has 1 aromatic carbocycles. The minimum absolute atomic E-state index is 0.00571. The van der Waals surface area contributed by atoms with E-state index >= 15 is 0 Å². The third-order valence-corrected chi connectivity index (χ3v) is 6.60. The Bertz CT molecular complexity index is 905. The molecule has 2 aliphatic rings. The van der Waals surface area contributed by atoms with Crippen LogP contribution < -0.4 is 0 Å². The summed E-state index contributed by atoms with van der Waals surface area (Å²) in [5, 5.41) is 8.05. The van der Waals surface area contributed by atoms with Gasteiger partial charge in [0.25, 0.3) is 5.91 Å². The molecule has 4 rings (SSSR count). The van der Waals surface area contributed by atoms with E-state index in [1.807, 2.05) is 17.5 Å². The van der Waals surface area contributed by atoms with Crippen LogP contribution in [0, 0.1) is 11.7 Å². The zero-order valence-corrected chi connectivity index (χ0v) is 17.2. The predicted octanol–water partition coefficient (Wildman–Crippen LogP) is 4.21. The second kappa shape index (κ2) is 8.45. The quantitative estimate of drug-likeness (QED) is 0.737. The van der Waals surface area contributed by atoms with Crippen LogP contribution in [0.4, 0.5) is 4.39 Å². The van der Waals surface area contributed by atoms with Crippen molar-refractivity contribution < 1.29 is 14.0 Å². The van der Waals surface area contributed by atoms with Crippen LogP contribution in [0.15, 0.2) is 46.9 Å². The first kappa shape index (κ1) is 19.8. The molecule has 1 aliphatic carbocycles. The van der Waals surface area contributed by atoms with Crippen LogP contribution in [0.2, 0.25) is 0 Å². The molecule has 152 valence electrons. The molecule has 7 heteroatoms. The normalized spacial score (nSPS) is 19.4. The fourth-order valence-electron chi connectivity index (χ4n) is 4.11. The number of carbonyl (C=O) groups excluding carboxylic acids is 2. The van der Waals surface area contributed by atoms with Gasteiger partial charge in [-0.25, -0.2) is 9.40 Å². The van der Waals surface area contributed by atoms with Gasteiger partial charge in [0.2, 0.25) is 5.91 Å². The monoisotopic (exact) mass is 413 g/mol. The van der Waals surface area contributed by atoms with Crippen molar-refractivity contribution in [2.45, 2.75) is 38.1 Å². The summed E-state index contributed by atoms with van der Waals surface area (Å²) in [5.41, 5.74) is 1.67. The number of carbonyl (C=O) groups is 2. The van der Waals surface area contributed by atoms with E-state index in [1.54, 1.807) is 30.5 Å². The Balaban J connectivity index is 1.54. The Labute approximate surface area is 173 Å². The van der Waals surface area contributed by atoms with Gasteiger partial charge in [0, 0.05) is 19.4 Å². The van der Waals surface area contributed by atoms with Crippen molar-refractivity contribution in [1.82, 2.24) is 9.91 Å². The van der Waals surface area contributed by atoms with Gasteiger partial charge in [0.15, 0.2) is 0 Å². The van der Waals surface area contributed by atoms with Crippen LogP contribution >= 0.6 is 11.3 Å². The van der Waals surface area contributed by atoms with E-state index in [0.29, 0.717) is 6.42 Å². The highest BCUT2D eigenvalue weighted by Gasteiger charge is 2.35. The first-order chi connectivity index (χ1) is 14.0. The SMILES string of the molecule is CN(CC(=O)N1N=C(c2cccs2)C[C@@H]1c1ccc(F)cc1)C(=O)C1CCCC1. The van der Waals surface area contributed by atoms with Gasteiger partial charge in [-0.1, -0.05) is 31.0 Å². The van der Waals surface area contributed by atoms with Crippen LogP contribution in [0.1, 0.15) is 48.6 Å². The number of rotatable bonds is 5. The number of likely N-dealkylation sites (N-methyl/N-ethyl adjacent to an activating group) is 1. The first-order valence-electron chi connectivity index (χ1n) is 9.97. The van der Waals surface area contributed by atoms with Crippen molar-refractivity contribution in [1.29, 1.82) is 0 Å². The highest BCUT2D eigenvalue weighted by Crippen LogP contribution is 2.34. The van der Waals surface area contributed by atoms with Gasteiger partial charge in [-0.05, 0) is 42.0 Å². The van der Waals surface area contributed by atoms with Gasteiger partial charge in [-0.15, -0.1) is 11.3 Å². The molecule has 0 spiro atoms. The summed E-state index contributed by atoms with van der Waals surface area (Å²) in [4.78, 5) is 28.3.